The molecule has 130 valence electrons. The van der Waals surface area contributed by atoms with Crippen LogP contribution in [0.3, 0.4) is 0 Å². The van der Waals surface area contributed by atoms with Gasteiger partial charge in [0.1, 0.15) is 0 Å². The van der Waals surface area contributed by atoms with Gasteiger partial charge in [0.25, 0.3) is 0 Å². The van der Waals surface area contributed by atoms with E-state index in [-0.39, 0.29) is 0 Å². The largest absolute Gasteiger partial charge is 0.377 e. The molecule has 3 heterocycles. The molecule has 25 heavy (non-hydrogen) atoms. The Kier molecular flexibility index (Phi) is 4.02. The number of aromatic amines is 1. The number of nitrogens with one attached hydrogen (secondary N) is 1. The summed E-state index contributed by atoms with van der Waals surface area (Å²) in [4.78, 5) is 3.36. The van der Waals surface area contributed by atoms with E-state index in [2.05, 4.69) is 50.2 Å². The maximum Gasteiger partial charge on any atom is 0.191 e. The number of para-hydroxylation sites is 1. The van der Waals surface area contributed by atoms with Crippen LogP contribution in [0.1, 0.15) is 38.1 Å². The summed E-state index contributed by atoms with van der Waals surface area (Å²) in [6.07, 6.45) is 8.51. The van der Waals surface area contributed by atoms with Gasteiger partial charge in [0.05, 0.1) is 6.10 Å². The molecule has 1 atom stereocenters. The second-order valence-corrected chi connectivity index (χ2v) is 7.94. The van der Waals surface area contributed by atoms with Crippen molar-refractivity contribution in [1.82, 2.24) is 19.7 Å². The minimum atomic E-state index is 0.361. The van der Waals surface area contributed by atoms with Crippen molar-refractivity contribution in [2.24, 2.45) is 0 Å². The molecule has 5 rings (SSSR count). The molecule has 1 aliphatic carbocycles. The van der Waals surface area contributed by atoms with Crippen molar-refractivity contribution in [3.05, 3.63) is 30.5 Å². The third-order valence-electron chi connectivity index (χ3n) is 5.08. The van der Waals surface area contributed by atoms with Crippen molar-refractivity contribution in [1.29, 1.82) is 0 Å². The van der Waals surface area contributed by atoms with E-state index in [9.17, 15) is 0 Å². The first-order valence-electron chi connectivity index (χ1n) is 9.16. The van der Waals surface area contributed by atoms with Crippen LogP contribution in [0.15, 0.2) is 35.6 Å². The normalized spacial score (nSPS) is 21.0. The summed E-state index contributed by atoms with van der Waals surface area (Å²) in [7, 11) is 0. The minimum Gasteiger partial charge on any atom is -0.377 e. The Balaban J connectivity index is 1.45. The van der Waals surface area contributed by atoms with Gasteiger partial charge in [-0.15, -0.1) is 10.2 Å². The van der Waals surface area contributed by atoms with E-state index >= 15 is 0 Å². The highest BCUT2D eigenvalue weighted by Crippen LogP contribution is 2.42. The summed E-state index contributed by atoms with van der Waals surface area (Å²) in [6.45, 7) is 0.904. The smallest absolute Gasteiger partial charge is 0.191 e. The van der Waals surface area contributed by atoms with Crippen LogP contribution in [-0.4, -0.2) is 38.2 Å². The van der Waals surface area contributed by atoms with Crippen LogP contribution in [0.5, 0.6) is 0 Å². The summed E-state index contributed by atoms with van der Waals surface area (Å²) in [6, 6.07) is 8.93. The molecule has 6 heteroatoms. The van der Waals surface area contributed by atoms with Gasteiger partial charge < -0.3 is 9.72 Å². The Morgan fingerprint density at radius 2 is 2.08 bits per heavy atom. The van der Waals surface area contributed by atoms with E-state index in [1.807, 2.05) is 0 Å². The molecule has 3 aromatic rings. The van der Waals surface area contributed by atoms with Crippen molar-refractivity contribution in [2.75, 3.05) is 12.4 Å². The lowest BCUT2D eigenvalue weighted by Gasteiger charge is -2.21. The Morgan fingerprint density at radius 1 is 1.16 bits per heavy atom. The number of rotatable bonds is 5. The number of hydrogen-bond donors (Lipinski definition) is 1. The van der Waals surface area contributed by atoms with Crippen LogP contribution in [-0.2, 0) is 4.74 Å². The minimum absolute atomic E-state index is 0.361. The number of fused-ring (bicyclic) bond motifs is 1. The zero-order chi connectivity index (χ0) is 16.6. The molecule has 0 unspecified atom stereocenters. The quantitative estimate of drug-likeness (QED) is 0.689. The van der Waals surface area contributed by atoms with Gasteiger partial charge in [-0.2, -0.15) is 0 Å². The first-order chi connectivity index (χ1) is 12.4. The Bertz CT molecular complexity index is 877. The lowest BCUT2D eigenvalue weighted by atomic mass is 10.1. The number of thioether (sulfide) groups is 1. The van der Waals surface area contributed by atoms with Gasteiger partial charge in [0.2, 0.25) is 0 Å². The Hall–Kier alpha value is -1.79. The highest BCUT2D eigenvalue weighted by atomic mass is 32.2. The molecule has 1 saturated heterocycles. The van der Waals surface area contributed by atoms with Crippen molar-refractivity contribution in [3.8, 4) is 11.4 Å². The standard InChI is InChI=1S/C19H22N4OS/c1-2-7-17-15(6-1)16(11-20-17)18-21-22-19(23(18)13-8-9-13)25-12-14-5-3-4-10-24-14/h1-2,6-7,11,13-14,20H,3-5,8-10,12H2/t14-/m1/s1. The summed E-state index contributed by atoms with van der Waals surface area (Å²) < 4.78 is 8.22. The van der Waals surface area contributed by atoms with Gasteiger partial charge in [-0.05, 0) is 38.2 Å². The molecule has 0 spiro atoms. The number of benzene rings is 1. The van der Waals surface area contributed by atoms with E-state index < -0.39 is 0 Å². The summed E-state index contributed by atoms with van der Waals surface area (Å²) >= 11 is 1.80. The maximum absolute atomic E-state index is 5.87. The fourth-order valence-electron chi connectivity index (χ4n) is 3.58. The van der Waals surface area contributed by atoms with E-state index in [0.717, 1.165) is 34.4 Å². The van der Waals surface area contributed by atoms with E-state index in [1.54, 1.807) is 11.8 Å². The molecule has 2 aliphatic rings. The van der Waals surface area contributed by atoms with Crippen LogP contribution >= 0.6 is 11.8 Å². The fraction of sp³-hybridized carbons (Fsp3) is 0.474. The number of hydrogen-bond acceptors (Lipinski definition) is 4. The third kappa shape index (κ3) is 2.98. The van der Waals surface area contributed by atoms with Crippen LogP contribution in [0.25, 0.3) is 22.3 Å². The summed E-state index contributed by atoms with van der Waals surface area (Å²) in [5, 5.41) is 11.3. The third-order valence-corrected chi connectivity index (χ3v) is 6.15. The van der Waals surface area contributed by atoms with Crippen LogP contribution in [0, 0.1) is 0 Å². The van der Waals surface area contributed by atoms with Gasteiger partial charge in [-0.3, -0.25) is 4.57 Å². The average molecular weight is 354 g/mol. The van der Waals surface area contributed by atoms with Gasteiger partial charge in [-0.25, -0.2) is 0 Å². The number of aromatic nitrogens is 4. The molecular weight excluding hydrogens is 332 g/mol. The molecule has 0 bridgehead atoms. The van der Waals surface area contributed by atoms with Gasteiger partial charge >= 0.3 is 0 Å². The highest BCUT2D eigenvalue weighted by molar-refractivity contribution is 7.99. The SMILES string of the molecule is c1ccc2c(-c3nnc(SC[C@H]4CCCCO4)n3C3CC3)c[nH]c2c1. The first-order valence-corrected chi connectivity index (χ1v) is 10.1. The zero-order valence-electron chi connectivity index (χ0n) is 14.1. The molecule has 2 fully saturated rings. The predicted molar refractivity (Wildman–Crippen MR) is 99.9 cm³/mol. The molecule has 1 saturated carbocycles. The maximum atomic E-state index is 5.87. The van der Waals surface area contributed by atoms with Crippen molar-refractivity contribution >= 4 is 22.7 Å². The fourth-order valence-corrected chi connectivity index (χ4v) is 4.65. The molecule has 1 aromatic carbocycles. The summed E-state index contributed by atoms with van der Waals surface area (Å²) in [5.41, 5.74) is 2.29. The highest BCUT2D eigenvalue weighted by Gasteiger charge is 2.31. The molecular formula is C19H22N4OS. The van der Waals surface area contributed by atoms with Crippen LogP contribution in [0.4, 0.5) is 0 Å². The Labute approximate surface area is 151 Å². The average Bonchev–Trinajstić information content (AvgIpc) is 3.27. The number of nitrogens with zero attached hydrogens (tertiary/aromatic N) is 3. The predicted octanol–water partition coefficient (Wildman–Crippen LogP) is 4.42. The van der Waals surface area contributed by atoms with Gasteiger partial charge in [0.15, 0.2) is 11.0 Å². The van der Waals surface area contributed by atoms with E-state index in [1.165, 1.54) is 37.5 Å². The van der Waals surface area contributed by atoms with Gasteiger partial charge in [-0.1, -0.05) is 30.0 Å². The molecule has 2 aromatic heterocycles. The second-order valence-electron chi connectivity index (χ2n) is 6.95. The summed E-state index contributed by atoms with van der Waals surface area (Å²) in [5.74, 6) is 1.96. The first kappa shape index (κ1) is 15.5. The molecule has 0 amide bonds. The van der Waals surface area contributed by atoms with Crippen LogP contribution < -0.4 is 0 Å². The lowest BCUT2D eigenvalue weighted by molar-refractivity contribution is 0.0315. The molecule has 0 radical (unpaired) electrons. The Morgan fingerprint density at radius 3 is 2.92 bits per heavy atom. The van der Waals surface area contributed by atoms with Crippen LogP contribution in [0.2, 0.25) is 0 Å². The van der Waals surface area contributed by atoms with Crippen molar-refractivity contribution < 1.29 is 4.74 Å². The second kappa shape index (κ2) is 6.50. The molecule has 5 nitrogen and oxygen atoms in total. The van der Waals surface area contributed by atoms with Crippen molar-refractivity contribution in [3.63, 3.8) is 0 Å². The van der Waals surface area contributed by atoms with E-state index in [4.69, 9.17) is 4.74 Å². The van der Waals surface area contributed by atoms with Crippen molar-refractivity contribution in [2.45, 2.75) is 49.4 Å². The lowest BCUT2D eigenvalue weighted by Crippen LogP contribution is -2.21. The number of ether oxygens (including phenoxy) is 1. The van der Waals surface area contributed by atoms with E-state index in [0.29, 0.717) is 12.1 Å². The van der Waals surface area contributed by atoms with Gasteiger partial charge in [0, 0.05) is 41.1 Å². The zero-order valence-corrected chi connectivity index (χ0v) is 15.0. The monoisotopic (exact) mass is 354 g/mol. The molecule has 1 N–H and O–H groups in total. The number of H-pyrrole nitrogens is 1. The molecule has 1 aliphatic heterocycles. The topological polar surface area (TPSA) is 55.7 Å².